The van der Waals surface area contributed by atoms with Gasteiger partial charge in [0.15, 0.2) is 0 Å². The van der Waals surface area contributed by atoms with Gasteiger partial charge in [0, 0.05) is 19.0 Å². The smallest absolute Gasteiger partial charge is 0.0860 e. The molecule has 5 heteroatoms. The average molecular weight is 318 g/mol. The Labute approximate surface area is 132 Å². The maximum absolute atomic E-state index is 6.33. The molecule has 2 atom stereocenters. The topological polar surface area (TPSA) is 29.9 Å². The lowest BCUT2D eigenvalue weighted by Gasteiger charge is -2.30. The number of nitrogens with zero attached hydrogens (tertiary/aromatic N) is 2. The first kappa shape index (κ1) is 16.1. The van der Waals surface area contributed by atoms with Gasteiger partial charge in [-0.2, -0.15) is 5.10 Å². The molecular weight excluding hydrogens is 293 g/mol. The van der Waals surface area contributed by atoms with Gasteiger partial charge in [-0.15, -0.1) is 11.6 Å². The van der Waals surface area contributed by atoms with Gasteiger partial charge in [0.25, 0.3) is 0 Å². The van der Waals surface area contributed by atoms with Crippen LogP contribution in [0.1, 0.15) is 44.0 Å². The van der Waals surface area contributed by atoms with Crippen LogP contribution < -0.4 is 5.32 Å². The summed E-state index contributed by atoms with van der Waals surface area (Å²) in [6, 6.07) is 0. The maximum Gasteiger partial charge on any atom is 0.0860 e. The molecule has 1 saturated carbocycles. The highest BCUT2D eigenvalue weighted by atomic mass is 35.5. The van der Waals surface area contributed by atoms with Crippen LogP contribution in [0.15, 0.2) is 0 Å². The molecule has 0 radical (unpaired) electrons. The standard InChI is InChI=1S/C15H25Cl2N3/c1-3-20-14(15(17)11(2)19-20)10-18-9-13-7-5-4-6-12(13)8-16/h12-13,18H,3-10H2,1-2H3. The molecule has 1 N–H and O–H groups in total. The normalized spacial score (nSPS) is 23.2. The Bertz CT molecular complexity index is 431. The van der Waals surface area contributed by atoms with Crippen LogP contribution in [0.25, 0.3) is 0 Å². The van der Waals surface area contributed by atoms with Crippen molar-refractivity contribution in [2.24, 2.45) is 11.8 Å². The summed E-state index contributed by atoms with van der Waals surface area (Å²) in [6.07, 6.45) is 5.25. The van der Waals surface area contributed by atoms with Gasteiger partial charge in [-0.1, -0.05) is 24.4 Å². The Kier molecular flexibility index (Phi) is 6.19. The number of nitrogens with one attached hydrogen (secondary N) is 1. The van der Waals surface area contributed by atoms with Gasteiger partial charge < -0.3 is 5.32 Å². The van der Waals surface area contributed by atoms with Crippen LogP contribution in [0.3, 0.4) is 0 Å². The second kappa shape index (κ2) is 7.67. The van der Waals surface area contributed by atoms with Crippen LogP contribution in [0.5, 0.6) is 0 Å². The number of hydrogen-bond donors (Lipinski definition) is 1. The van der Waals surface area contributed by atoms with E-state index in [2.05, 4.69) is 17.3 Å². The van der Waals surface area contributed by atoms with Gasteiger partial charge in [0.05, 0.1) is 16.4 Å². The summed E-state index contributed by atoms with van der Waals surface area (Å²) in [5, 5.41) is 8.81. The van der Waals surface area contributed by atoms with Gasteiger partial charge in [0.1, 0.15) is 0 Å². The molecule has 1 aromatic heterocycles. The number of halogens is 2. The Balaban J connectivity index is 1.89. The summed E-state index contributed by atoms with van der Waals surface area (Å²) in [4.78, 5) is 0. The van der Waals surface area contributed by atoms with E-state index in [1.807, 2.05) is 11.6 Å². The molecule has 1 aliphatic rings. The first-order valence-corrected chi connectivity index (χ1v) is 8.57. The largest absolute Gasteiger partial charge is 0.311 e. The van der Waals surface area contributed by atoms with Crippen LogP contribution in [-0.2, 0) is 13.1 Å². The van der Waals surface area contributed by atoms with Crippen molar-refractivity contribution in [3.8, 4) is 0 Å². The van der Waals surface area contributed by atoms with E-state index in [0.717, 1.165) is 41.9 Å². The molecule has 1 aromatic rings. The van der Waals surface area contributed by atoms with E-state index in [4.69, 9.17) is 23.2 Å². The number of hydrogen-bond acceptors (Lipinski definition) is 2. The highest BCUT2D eigenvalue weighted by Gasteiger charge is 2.24. The molecule has 0 saturated heterocycles. The SMILES string of the molecule is CCn1nc(C)c(Cl)c1CNCC1CCCCC1CCl. The molecule has 1 aliphatic carbocycles. The zero-order valence-corrected chi connectivity index (χ0v) is 14.0. The molecule has 0 aliphatic heterocycles. The second-order valence-corrected chi connectivity index (χ2v) is 6.44. The third-order valence-electron chi connectivity index (χ3n) is 4.42. The summed E-state index contributed by atoms with van der Waals surface area (Å²) in [7, 11) is 0. The predicted molar refractivity (Wildman–Crippen MR) is 85.5 cm³/mol. The van der Waals surface area contributed by atoms with Gasteiger partial charge in [-0.05, 0) is 45.1 Å². The fourth-order valence-electron chi connectivity index (χ4n) is 3.17. The molecule has 2 unspecified atom stereocenters. The molecule has 1 heterocycles. The zero-order valence-electron chi connectivity index (χ0n) is 12.5. The van der Waals surface area contributed by atoms with Gasteiger partial charge in [-0.25, -0.2) is 0 Å². The van der Waals surface area contributed by atoms with Crippen LogP contribution in [0.2, 0.25) is 5.02 Å². The molecule has 3 nitrogen and oxygen atoms in total. The lowest BCUT2D eigenvalue weighted by atomic mass is 9.80. The Hall–Kier alpha value is -0.250. The van der Waals surface area contributed by atoms with Gasteiger partial charge in [0.2, 0.25) is 0 Å². The highest BCUT2D eigenvalue weighted by molar-refractivity contribution is 6.31. The van der Waals surface area contributed by atoms with Crippen molar-refractivity contribution in [1.29, 1.82) is 0 Å². The monoisotopic (exact) mass is 317 g/mol. The van der Waals surface area contributed by atoms with E-state index < -0.39 is 0 Å². The molecular formula is C15H25Cl2N3. The van der Waals surface area contributed by atoms with Crippen LogP contribution >= 0.6 is 23.2 Å². The third kappa shape index (κ3) is 3.69. The van der Waals surface area contributed by atoms with Crippen molar-refractivity contribution < 1.29 is 0 Å². The lowest BCUT2D eigenvalue weighted by Crippen LogP contribution is -2.31. The van der Waals surface area contributed by atoms with E-state index in [0.29, 0.717) is 11.8 Å². The minimum absolute atomic E-state index is 0.672. The van der Waals surface area contributed by atoms with Crippen LogP contribution in [-0.4, -0.2) is 22.2 Å². The van der Waals surface area contributed by atoms with Crippen molar-refractivity contribution in [1.82, 2.24) is 15.1 Å². The molecule has 2 rings (SSSR count). The van der Waals surface area contributed by atoms with Crippen LogP contribution in [0.4, 0.5) is 0 Å². The van der Waals surface area contributed by atoms with Crippen molar-refractivity contribution in [2.75, 3.05) is 12.4 Å². The number of aromatic nitrogens is 2. The van der Waals surface area contributed by atoms with Crippen molar-refractivity contribution in [2.45, 2.75) is 52.6 Å². The van der Waals surface area contributed by atoms with Gasteiger partial charge >= 0.3 is 0 Å². The first-order valence-electron chi connectivity index (χ1n) is 7.65. The summed E-state index contributed by atoms with van der Waals surface area (Å²) >= 11 is 12.4. The molecule has 114 valence electrons. The fourth-order valence-corrected chi connectivity index (χ4v) is 3.78. The lowest BCUT2D eigenvalue weighted by molar-refractivity contribution is 0.250. The summed E-state index contributed by atoms with van der Waals surface area (Å²) in [6.45, 7) is 6.73. The second-order valence-electron chi connectivity index (χ2n) is 5.75. The molecule has 0 bridgehead atoms. The number of aryl methyl sites for hydroxylation is 2. The minimum atomic E-state index is 0.672. The van der Waals surface area contributed by atoms with Crippen molar-refractivity contribution in [3.05, 3.63) is 16.4 Å². The molecule has 1 fully saturated rings. The van der Waals surface area contributed by atoms with Crippen molar-refractivity contribution in [3.63, 3.8) is 0 Å². The zero-order chi connectivity index (χ0) is 14.5. The molecule has 0 aromatic carbocycles. The van der Waals surface area contributed by atoms with E-state index in [-0.39, 0.29) is 0 Å². The quantitative estimate of drug-likeness (QED) is 0.804. The Morgan fingerprint density at radius 3 is 2.65 bits per heavy atom. The Morgan fingerprint density at radius 2 is 2.00 bits per heavy atom. The summed E-state index contributed by atoms with van der Waals surface area (Å²) in [5.74, 6) is 2.17. The first-order chi connectivity index (χ1) is 9.67. The highest BCUT2D eigenvalue weighted by Crippen LogP contribution is 2.30. The maximum atomic E-state index is 6.33. The van der Waals surface area contributed by atoms with Crippen molar-refractivity contribution >= 4 is 23.2 Å². The van der Waals surface area contributed by atoms with E-state index >= 15 is 0 Å². The minimum Gasteiger partial charge on any atom is -0.311 e. The predicted octanol–water partition coefficient (Wildman–Crippen LogP) is 4.00. The average Bonchev–Trinajstić information content (AvgIpc) is 2.75. The van der Waals surface area contributed by atoms with E-state index in [1.165, 1.54) is 25.7 Å². The summed E-state index contributed by atoms with van der Waals surface area (Å²) < 4.78 is 1.99. The molecule has 20 heavy (non-hydrogen) atoms. The third-order valence-corrected chi connectivity index (χ3v) is 5.30. The number of alkyl halides is 1. The molecule has 0 amide bonds. The molecule has 0 spiro atoms. The Morgan fingerprint density at radius 1 is 1.30 bits per heavy atom. The van der Waals surface area contributed by atoms with Crippen LogP contribution in [0, 0.1) is 18.8 Å². The summed E-state index contributed by atoms with van der Waals surface area (Å²) in [5.41, 5.74) is 2.02. The fraction of sp³-hybridized carbons (Fsp3) is 0.800. The van der Waals surface area contributed by atoms with E-state index in [9.17, 15) is 0 Å². The van der Waals surface area contributed by atoms with Gasteiger partial charge in [-0.3, -0.25) is 4.68 Å². The van der Waals surface area contributed by atoms with E-state index in [1.54, 1.807) is 0 Å². The number of rotatable bonds is 6.